The number of carbonyl (C=O) groups is 2. The molecule has 0 saturated carbocycles. The summed E-state index contributed by atoms with van der Waals surface area (Å²) < 4.78 is 13.4. The van der Waals surface area contributed by atoms with Crippen LogP contribution in [0.25, 0.3) is 0 Å². The highest BCUT2D eigenvalue weighted by molar-refractivity contribution is 5.83. The van der Waals surface area contributed by atoms with E-state index in [1.54, 1.807) is 0 Å². The van der Waals surface area contributed by atoms with Gasteiger partial charge in [-0.3, -0.25) is 9.59 Å². The Balaban J connectivity index is 0.000000158. The molecular weight excluding hydrogens is 765 g/mol. The molecule has 0 unspecified atom stereocenters. The average Bonchev–Trinajstić information content (AvgIpc) is 3.96. The molecule has 4 heterocycles. The van der Waals surface area contributed by atoms with E-state index in [1.165, 1.54) is 11.1 Å². The van der Waals surface area contributed by atoms with Crippen LogP contribution in [0, 0.1) is 23.7 Å². The second-order valence-electron chi connectivity index (χ2n) is 17.5. The number of hydrogen-bond donors (Lipinski definition) is 0. The summed E-state index contributed by atoms with van der Waals surface area (Å²) in [6.07, 6.45) is 5.17. The number of piperidine rings is 2. The zero-order chi connectivity index (χ0) is 42.5. The van der Waals surface area contributed by atoms with Crippen molar-refractivity contribution in [2.75, 3.05) is 13.2 Å². The molecule has 6 aromatic rings. The first-order valence-corrected chi connectivity index (χ1v) is 22.7. The Morgan fingerprint density at radius 3 is 1.08 bits per heavy atom. The summed E-state index contributed by atoms with van der Waals surface area (Å²) in [6, 6.07) is 62.1. The normalized spacial score (nSPS) is 27.8. The average molecular weight is 823 g/mol. The van der Waals surface area contributed by atoms with Crippen molar-refractivity contribution in [1.82, 2.24) is 9.80 Å². The van der Waals surface area contributed by atoms with Gasteiger partial charge in [-0.1, -0.05) is 196 Å². The highest BCUT2D eigenvalue weighted by Gasteiger charge is 2.61. The van der Waals surface area contributed by atoms with E-state index in [-0.39, 0.29) is 47.6 Å². The molecule has 0 radical (unpaired) electrons. The number of ether oxygens (including phenoxy) is 2. The number of hydrogen-bond acceptors (Lipinski definition) is 4. The van der Waals surface area contributed by atoms with Gasteiger partial charge >= 0.3 is 0 Å². The van der Waals surface area contributed by atoms with Crippen LogP contribution in [0.1, 0.15) is 85.0 Å². The summed E-state index contributed by atoms with van der Waals surface area (Å²) in [5.74, 6) is 0.853. The first-order chi connectivity index (χ1) is 30.5. The molecule has 0 spiro atoms. The van der Waals surface area contributed by atoms with Crippen LogP contribution in [0.5, 0.6) is 0 Å². The lowest BCUT2D eigenvalue weighted by atomic mass is 9.73. The minimum atomic E-state index is -0.694. The van der Waals surface area contributed by atoms with Gasteiger partial charge in [0.25, 0.3) is 0 Å². The molecule has 316 valence electrons. The molecule has 2 amide bonds. The van der Waals surface area contributed by atoms with Crippen molar-refractivity contribution in [3.8, 4) is 0 Å². The summed E-state index contributed by atoms with van der Waals surface area (Å²) >= 11 is 0. The molecule has 0 aromatic heterocycles. The highest BCUT2D eigenvalue weighted by atomic mass is 16.5. The molecule has 10 rings (SSSR count). The van der Waals surface area contributed by atoms with E-state index >= 15 is 0 Å². The molecule has 0 aliphatic carbocycles. The lowest BCUT2D eigenvalue weighted by molar-refractivity contribution is -0.189. The van der Waals surface area contributed by atoms with Gasteiger partial charge in [0.2, 0.25) is 11.8 Å². The smallest absolute Gasteiger partial charge is 0.229 e. The molecular formula is C56H58N2O4. The van der Waals surface area contributed by atoms with E-state index in [4.69, 9.17) is 9.47 Å². The molecule has 6 heteroatoms. The summed E-state index contributed by atoms with van der Waals surface area (Å²) in [4.78, 5) is 32.4. The van der Waals surface area contributed by atoms with Crippen molar-refractivity contribution in [2.45, 2.75) is 75.9 Å². The number of rotatable bonds is 10. The van der Waals surface area contributed by atoms with Gasteiger partial charge < -0.3 is 19.3 Å². The van der Waals surface area contributed by atoms with Crippen LogP contribution in [-0.2, 0) is 43.4 Å². The first kappa shape index (κ1) is 41.5. The van der Waals surface area contributed by atoms with Crippen molar-refractivity contribution in [2.24, 2.45) is 23.7 Å². The van der Waals surface area contributed by atoms with Crippen LogP contribution in [0.2, 0.25) is 0 Å². The fraction of sp³-hybridized carbons (Fsp3) is 0.321. The van der Waals surface area contributed by atoms with Crippen LogP contribution in [0.3, 0.4) is 0 Å². The van der Waals surface area contributed by atoms with E-state index in [0.29, 0.717) is 13.2 Å². The zero-order valence-corrected chi connectivity index (χ0v) is 36.0. The van der Waals surface area contributed by atoms with Gasteiger partial charge in [-0.25, -0.2) is 0 Å². The topological polar surface area (TPSA) is 59.1 Å². The molecule has 4 aliphatic rings. The second-order valence-corrected chi connectivity index (χ2v) is 17.5. The quantitative estimate of drug-likeness (QED) is 0.138. The number of amides is 2. The lowest BCUT2D eigenvalue weighted by Crippen LogP contribution is -2.58. The molecule has 62 heavy (non-hydrogen) atoms. The van der Waals surface area contributed by atoms with Gasteiger partial charge in [0.05, 0.1) is 25.3 Å². The second kappa shape index (κ2) is 18.3. The molecule has 4 aliphatic heterocycles. The minimum Gasteiger partial charge on any atom is -0.348 e. The fourth-order valence-corrected chi connectivity index (χ4v) is 11.2. The molecule has 6 nitrogen and oxygen atoms in total. The van der Waals surface area contributed by atoms with Gasteiger partial charge in [0, 0.05) is 34.8 Å². The first-order valence-electron chi connectivity index (χ1n) is 22.7. The number of carbonyl (C=O) groups excluding carboxylic acids is 2. The van der Waals surface area contributed by atoms with E-state index < -0.39 is 11.4 Å². The van der Waals surface area contributed by atoms with E-state index in [1.807, 2.05) is 60.7 Å². The third-order valence-corrected chi connectivity index (χ3v) is 14.1. The highest BCUT2D eigenvalue weighted by Crippen LogP contribution is 2.56. The Kier molecular flexibility index (Phi) is 12.2. The number of nitrogens with zero attached hydrogens (tertiary/aromatic N) is 2. The molecule has 4 fully saturated rings. The van der Waals surface area contributed by atoms with E-state index in [9.17, 15) is 9.59 Å². The number of benzene rings is 6. The summed E-state index contributed by atoms with van der Waals surface area (Å²) in [6.45, 7) is 5.50. The van der Waals surface area contributed by atoms with Crippen molar-refractivity contribution in [1.29, 1.82) is 0 Å². The predicted molar refractivity (Wildman–Crippen MR) is 244 cm³/mol. The molecule has 0 N–H and O–H groups in total. The summed E-state index contributed by atoms with van der Waals surface area (Å²) in [5.41, 5.74) is 5.52. The van der Waals surface area contributed by atoms with Crippen LogP contribution >= 0.6 is 0 Å². The molecule has 8 atom stereocenters. The Morgan fingerprint density at radius 2 is 0.758 bits per heavy atom. The summed E-state index contributed by atoms with van der Waals surface area (Å²) in [5, 5.41) is 0. The van der Waals surface area contributed by atoms with Crippen molar-refractivity contribution < 1.29 is 19.1 Å². The maximum Gasteiger partial charge on any atom is 0.229 e. The SMILES string of the molecule is CC[C@H]1C[C@H](Cc2ccccc2)C(=O)N2[C@H](c3ccccc3)CO[C@@]12c1ccccc1.CC[C@H]1C[C@H](Cc2ccccc2)C(=O)N2[C@H](c3ccccc3)CO[C@@]12c1ccccc1. The minimum absolute atomic E-state index is 0.0305. The van der Waals surface area contributed by atoms with Gasteiger partial charge in [-0.15, -0.1) is 0 Å². The van der Waals surface area contributed by atoms with Crippen molar-refractivity contribution in [3.05, 3.63) is 215 Å². The number of fused-ring (bicyclic) bond motifs is 2. The monoisotopic (exact) mass is 822 g/mol. The third-order valence-electron chi connectivity index (χ3n) is 14.1. The third kappa shape index (κ3) is 7.58. The van der Waals surface area contributed by atoms with Crippen LogP contribution in [0.15, 0.2) is 182 Å². The van der Waals surface area contributed by atoms with Crippen molar-refractivity contribution >= 4 is 11.8 Å². The van der Waals surface area contributed by atoms with Gasteiger partial charge in [0.15, 0.2) is 11.4 Å². The predicted octanol–water partition coefficient (Wildman–Crippen LogP) is 11.5. The van der Waals surface area contributed by atoms with Crippen LogP contribution < -0.4 is 0 Å². The molecule has 4 saturated heterocycles. The van der Waals surface area contributed by atoms with Gasteiger partial charge in [-0.05, 0) is 60.8 Å². The Bertz CT molecular complexity index is 2210. The van der Waals surface area contributed by atoms with E-state index in [2.05, 4.69) is 145 Å². The van der Waals surface area contributed by atoms with Crippen molar-refractivity contribution in [3.63, 3.8) is 0 Å². The Morgan fingerprint density at radius 1 is 0.452 bits per heavy atom. The zero-order valence-electron chi connectivity index (χ0n) is 36.0. The van der Waals surface area contributed by atoms with Gasteiger partial charge in [-0.2, -0.15) is 0 Å². The molecule has 6 aromatic carbocycles. The Labute approximate surface area is 367 Å². The standard InChI is InChI=1S/2C28H29NO2/c2*1-2-24-19-23(18-21-12-6-3-7-13-21)27(30)29-26(22-14-8-4-9-15-22)20-31-28(24,29)25-16-10-5-11-17-25/h2*3-17,23-24,26H,2,18-20H2,1H3/t2*23-,24-,26-,28+/m00/s1. The maximum atomic E-state index is 14.1. The largest absolute Gasteiger partial charge is 0.348 e. The van der Waals surface area contributed by atoms with Crippen LogP contribution in [0.4, 0.5) is 0 Å². The Hall–Kier alpha value is -5.82. The fourth-order valence-electron chi connectivity index (χ4n) is 11.2. The van der Waals surface area contributed by atoms with E-state index in [0.717, 1.165) is 60.8 Å². The lowest BCUT2D eigenvalue weighted by Gasteiger charge is -2.50. The summed E-state index contributed by atoms with van der Waals surface area (Å²) in [7, 11) is 0. The maximum absolute atomic E-state index is 14.1. The molecule has 0 bridgehead atoms. The van der Waals surface area contributed by atoms with Gasteiger partial charge in [0.1, 0.15) is 0 Å². The van der Waals surface area contributed by atoms with Crippen LogP contribution in [-0.4, -0.2) is 34.8 Å².